The largest absolute Gasteiger partial charge is 0.457 e. The van der Waals surface area contributed by atoms with Crippen molar-refractivity contribution in [1.29, 1.82) is 0 Å². The maximum Gasteiger partial charge on any atom is 0.253 e. The van der Waals surface area contributed by atoms with Crippen LogP contribution < -0.4 is 9.64 Å². The number of piperazine rings is 1. The smallest absolute Gasteiger partial charge is 0.253 e. The van der Waals surface area contributed by atoms with E-state index in [0.29, 0.717) is 18.7 Å². The minimum absolute atomic E-state index is 0.0654. The molecule has 0 spiro atoms. The van der Waals surface area contributed by atoms with Gasteiger partial charge in [0.2, 0.25) is 0 Å². The van der Waals surface area contributed by atoms with Gasteiger partial charge in [-0.25, -0.2) is 0 Å². The Labute approximate surface area is 158 Å². The van der Waals surface area contributed by atoms with E-state index in [1.165, 1.54) is 0 Å². The highest BCUT2D eigenvalue weighted by Gasteiger charge is 2.22. The van der Waals surface area contributed by atoms with Crippen LogP contribution in [0.15, 0.2) is 79.1 Å². The molecule has 1 fully saturated rings. The minimum atomic E-state index is 0.0654. The van der Waals surface area contributed by atoms with Crippen molar-refractivity contribution in [3.8, 4) is 11.5 Å². The Morgan fingerprint density at radius 1 is 0.778 bits per heavy atom. The van der Waals surface area contributed by atoms with Crippen molar-refractivity contribution in [2.75, 3.05) is 31.1 Å². The summed E-state index contributed by atoms with van der Waals surface area (Å²) < 4.78 is 5.78. The van der Waals surface area contributed by atoms with Crippen molar-refractivity contribution in [1.82, 2.24) is 9.88 Å². The fraction of sp³-hybridized carbons (Fsp3) is 0.182. The fourth-order valence-electron chi connectivity index (χ4n) is 3.20. The highest BCUT2D eigenvalue weighted by molar-refractivity contribution is 5.94. The van der Waals surface area contributed by atoms with Crippen molar-refractivity contribution in [3.63, 3.8) is 0 Å². The third-order valence-corrected chi connectivity index (χ3v) is 4.67. The number of ether oxygens (including phenoxy) is 1. The van der Waals surface area contributed by atoms with Crippen molar-refractivity contribution in [2.24, 2.45) is 0 Å². The quantitative estimate of drug-likeness (QED) is 0.710. The maximum atomic E-state index is 12.8. The molecule has 0 aliphatic carbocycles. The Bertz CT molecular complexity index is 874. The van der Waals surface area contributed by atoms with Crippen molar-refractivity contribution >= 4 is 11.6 Å². The van der Waals surface area contributed by atoms with Gasteiger partial charge in [-0.15, -0.1) is 0 Å². The average molecular weight is 359 g/mol. The Morgan fingerprint density at radius 2 is 1.41 bits per heavy atom. The van der Waals surface area contributed by atoms with E-state index in [4.69, 9.17) is 4.74 Å². The second kappa shape index (κ2) is 7.91. The molecule has 1 saturated heterocycles. The Hall–Kier alpha value is -3.34. The first kappa shape index (κ1) is 17.1. The van der Waals surface area contributed by atoms with Gasteiger partial charge >= 0.3 is 0 Å². The summed E-state index contributed by atoms with van der Waals surface area (Å²) in [5.74, 6) is 1.57. The van der Waals surface area contributed by atoms with E-state index < -0.39 is 0 Å². The predicted octanol–water partition coefficient (Wildman–Crippen LogP) is 3.84. The fourth-order valence-corrected chi connectivity index (χ4v) is 3.20. The van der Waals surface area contributed by atoms with E-state index in [9.17, 15) is 4.79 Å². The highest BCUT2D eigenvalue weighted by atomic mass is 16.5. The zero-order valence-corrected chi connectivity index (χ0v) is 15.0. The number of anilines is 1. The van der Waals surface area contributed by atoms with E-state index >= 15 is 0 Å². The van der Waals surface area contributed by atoms with Crippen molar-refractivity contribution in [2.45, 2.75) is 0 Å². The van der Waals surface area contributed by atoms with Crippen molar-refractivity contribution in [3.05, 3.63) is 84.7 Å². The topological polar surface area (TPSA) is 45.7 Å². The minimum Gasteiger partial charge on any atom is -0.457 e. The molecule has 1 aliphatic rings. The van der Waals surface area contributed by atoms with Gasteiger partial charge in [-0.1, -0.05) is 18.2 Å². The second-order valence-electron chi connectivity index (χ2n) is 6.42. The van der Waals surface area contributed by atoms with E-state index in [1.54, 1.807) is 12.4 Å². The van der Waals surface area contributed by atoms with Gasteiger partial charge < -0.3 is 14.5 Å². The number of carbonyl (C=O) groups is 1. The van der Waals surface area contributed by atoms with E-state index in [1.807, 2.05) is 71.6 Å². The molecule has 4 rings (SSSR count). The van der Waals surface area contributed by atoms with Crippen LogP contribution in [0.2, 0.25) is 0 Å². The number of aromatic nitrogens is 1. The molecule has 2 aromatic carbocycles. The lowest BCUT2D eigenvalue weighted by atomic mass is 10.1. The van der Waals surface area contributed by atoms with Crippen LogP contribution in [0, 0.1) is 0 Å². The molecule has 5 heteroatoms. The summed E-state index contributed by atoms with van der Waals surface area (Å²) in [6, 6.07) is 21.0. The predicted molar refractivity (Wildman–Crippen MR) is 105 cm³/mol. The monoisotopic (exact) mass is 359 g/mol. The lowest BCUT2D eigenvalue weighted by molar-refractivity contribution is 0.0747. The van der Waals surface area contributed by atoms with Gasteiger partial charge in [-0.3, -0.25) is 9.78 Å². The number of benzene rings is 2. The molecule has 0 atom stereocenters. The van der Waals surface area contributed by atoms with Crippen LogP contribution in [0.1, 0.15) is 10.4 Å². The van der Waals surface area contributed by atoms with Crippen LogP contribution >= 0.6 is 0 Å². The maximum absolute atomic E-state index is 12.8. The van der Waals surface area contributed by atoms with Gasteiger partial charge in [0.25, 0.3) is 5.91 Å². The SMILES string of the molecule is O=C(c1ccc(Oc2ccccc2)cc1)N1CCN(c2ccncc2)CC1. The standard InChI is InChI=1S/C22H21N3O2/c26-22(25-16-14-24(15-17-25)19-10-12-23-13-11-19)18-6-8-21(9-7-18)27-20-4-2-1-3-5-20/h1-13H,14-17H2. The van der Waals surface area contributed by atoms with Gasteiger partial charge in [0.05, 0.1) is 0 Å². The number of nitrogens with zero attached hydrogens (tertiary/aromatic N) is 3. The van der Waals surface area contributed by atoms with Crippen LogP contribution in [0.4, 0.5) is 5.69 Å². The molecule has 0 radical (unpaired) electrons. The van der Waals surface area contributed by atoms with E-state index in [-0.39, 0.29) is 5.91 Å². The second-order valence-corrected chi connectivity index (χ2v) is 6.42. The van der Waals surface area contributed by atoms with E-state index in [0.717, 1.165) is 30.3 Å². The number of para-hydroxylation sites is 1. The molecule has 1 aromatic heterocycles. The van der Waals surface area contributed by atoms with E-state index in [2.05, 4.69) is 9.88 Å². The number of amides is 1. The van der Waals surface area contributed by atoms with Crippen LogP contribution in [0.3, 0.4) is 0 Å². The summed E-state index contributed by atoms with van der Waals surface area (Å²) in [6.45, 7) is 3.07. The lowest BCUT2D eigenvalue weighted by Gasteiger charge is -2.36. The Balaban J connectivity index is 1.36. The first-order valence-corrected chi connectivity index (χ1v) is 9.07. The molecule has 27 heavy (non-hydrogen) atoms. The number of pyridine rings is 1. The summed E-state index contributed by atoms with van der Waals surface area (Å²) in [4.78, 5) is 21.0. The summed E-state index contributed by atoms with van der Waals surface area (Å²) in [7, 11) is 0. The molecule has 3 aromatic rings. The molecule has 1 aliphatic heterocycles. The highest BCUT2D eigenvalue weighted by Crippen LogP contribution is 2.22. The summed E-state index contributed by atoms with van der Waals surface area (Å²) in [6.07, 6.45) is 3.60. The molecule has 0 unspecified atom stereocenters. The van der Waals surface area contributed by atoms with Gasteiger partial charge in [-0.2, -0.15) is 0 Å². The number of carbonyl (C=O) groups excluding carboxylic acids is 1. The molecule has 0 N–H and O–H groups in total. The average Bonchev–Trinajstić information content (AvgIpc) is 2.75. The summed E-state index contributed by atoms with van der Waals surface area (Å²) in [5, 5.41) is 0. The number of hydrogen-bond acceptors (Lipinski definition) is 4. The lowest BCUT2D eigenvalue weighted by Crippen LogP contribution is -2.48. The molecule has 5 nitrogen and oxygen atoms in total. The van der Waals surface area contributed by atoms with Crippen LogP contribution in [0.5, 0.6) is 11.5 Å². The van der Waals surface area contributed by atoms with Gasteiger partial charge in [0.1, 0.15) is 11.5 Å². The van der Waals surface area contributed by atoms with Crippen molar-refractivity contribution < 1.29 is 9.53 Å². The van der Waals surface area contributed by atoms with Crippen LogP contribution in [-0.4, -0.2) is 42.0 Å². The Morgan fingerprint density at radius 3 is 2.07 bits per heavy atom. The zero-order chi connectivity index (χ0) is 18.5. The third kappa shape index (κ3) is 4.08. The third-order valence-electron chi connectivity index (χ3n) is 4.67. The molecular formula is C22H21N3O2. The number of hydrogen-bond donors (Lipinski definition) is 0. The zero-order valence-electron chi connectivity index (χ0n) is 15.0. The molecule has 136 valence electrons. The van der Waals surface area contributed by atoms with Gasteiger partial charge in [0.15, 0.2) is 0 Å². The summed E-state index contributed by atoms with van der Waals surface area (Å²) in [5.41, 5.74) is 1.84. The first-order valence-electron chi connectivity index (χ1n) is 9.07. The van der Waals surface area contributed by atoms with Crippen LogP contribution in [0.25, 0.3) is 0 Å². The normalized spacial score (nSPS) is 14.1. The molecular weight excluding hydrogens is 338 g/mol. The van der Waals surface area contributed by atoms with Gasteiger partial charge in [-0.05, 0) is 48.5 Å². The Kier molecular flexibility index (Phi) is 5.01. The molecule has 1 amide bonds. The number of rotatable bonds is 4. The summed E-state index contributed by atoms with van der Waals surface area (Å²) >= 11 is 0. The van der Waals surface area contributed by atoms with Crippen LogP contribution in [-0.2, 0) is 0 Å². The molecule has 0 saturated carbocycles. The molecule has 0 bridgehead atoms. The first-order chi connectivity index (χ1) is 13.3. The molecule has 2 heterocycles. The van der Waals surface area contributed by atoms with Gasteiger partial charge in [0, 0.05) is 49.8 Å².